The summed E-state index contributed by atoms with van der Waals surface area (Å²) >= 11 is 3.39. The number of hydrogen-bond acceptors (Lipinski definition) is 2. The van der Waals surface area contributed by atoms with Gasteiger partial charge in [0.15, 0.2) is 0 Å². The SMILES string of the molecule is COc1ccc(Br)cc1NC(=O)CCCc1ccccc1. The normalized spacial score (nSPS) is 10.2. The summed E-state index contributed by atoms with van der Waals surface area (Å²) in [7, 11) is 1.59. The summed E-state index contributed by atoms with van der Waals surface area (Å²) in [6, 6.07) is 15.7. The van der Waals surface area contributed by atoms with Crippen LogP contribution in [0.15, 0.2) is 53.0 Å². The third-order valence-corrected chi connectivity index (χ3v) is 3.64. The van der Waals surface area contributed by atoms with Crippen molar-refractivity contribution in [2.75, 3.05) is 12.4 Å². The minimum Gasteiger partial charge on any atom is -0.495 e. The molecule has 0 aliphatic heterocycles. The average Bonchev–Trinajstić information content (AvgIpc) is 2.48. The van der Waals surface area contributed by atoms with Crippen molar-refractivity contribution in [2.45, 2.75) is 19.3 Å². The molecule has 0 radical (unpaired) electrons. The molecule has 0 saturated heterocycles. The van der Waals surface area contributed by atoms with Crippen molar-refractivity contribution in [2.24, 2.45) is 0 Å². The Morgan fingerprint density at radius 1 is 1.19 bits per heavy atom. The Bertz CT molecular complexity index is 599. The molecule has 3 nitrogen and oxygen atoms in total. The molecule has 0 aliphatic carbocycles. The number of amides is 1. The maximum absolute atomic E-state index is 12.0. The Labute approximate surface area is 133 Å². The van der Waals surface area contributed by atoms with E-state index in [1.807, 2.05) is 36.4 Å². The lowest BCUT2D eigenvalue weighted by molar-refractivity contribution is -0.116. The molecule has 1 amide bonds. The first kappa shape index (κ1) is 15.6. The Morgan fingerprint density at radius 2 is 1.95 bits per heavy atom. The lowest BCUT2D eigenvalue weighted by atomic mass is 10.1. The number of carbonyl (C=O) groups is 1. The summed E-state index contributed by atoms with van der Waals surface area (Å²) in [6.45, 7) is 0. The van der Waals surface area contributed by atoms with Crippen LogP contribution >= 0.6 is 15.9 Å². The monoisotopic (exact) mass is 347 g/mol. The van der Waals surface area contributed by atoms with Crippen molar-refractivity contribution in [1.29, 1.82) is 0 Å². The predicted octanol–water partition coefficient (Wildman–Crippen LogP) is 4.42. The minimum atomic E-state index is 0.00216. The second kappa shape index (κ2) is 7.84. The van der Waals surface area contributed by atoms with E-state index in [0.29, 0.717) is 17.9 Å². The number of benzene rings is 2. The van der Waals surface area contributed by atoms with Gasteiger partial charge in [-0.05, 0) is 36.6 Å². The fraction of sp³-hybridized carbons (Fsp3) is 0.235. The van der Waals surface area contributed by atoms with Crippen LogP contribution in [0.5, 0.6) is 5.75 Å². The van der Waals surface area contributed by atoms with Crippen LogP contribution in [0.4, 0.5) is 5.69 Å². The largest absolute Gasteiger partial charge is 0.495 e. The van der Waals surface area contributed by atoms with Crippen molar-refractivity contribution in [1.82, 2.24) is 0 Å². The van der Waals surface area contributed by atoms with Crippen molar-refractivity contribution in [3.8, 4) is 5.75 Å². The van der Waals surface area contributed by atoms with Gasteiger partial charge in [0.1, 0.15) is 5.75 Å². The second-order valence-corrected chi connectivity index (χ2v) is 5.65. The number of nitrogens with one attached hydrogen (secondary N) is 1. The van der Waals surface area contributed by atoms with E-state index in [9.17, 15) is 4.79 Å². The van der Waals surface area contributed by atoms with Crippen molar-refractivity contribution in [3.05, 3.63) is 58.6 Å². The maximum atomic E-state index is 12.0. The molecule has 0 heterocycles. The summed E-state index contributed by atoms with van der Waals surface area (Å²) in [4.78, 5) is 12.0. The molecule has 0 unspecified atom stereocenters. The van der Waals surface area contributed by atoms with Crippen LogP contribution in [0.3, 0.4) is 0 Å². The van der Waals surface area contributed by atoms with E-state index < -0.39 is 0 Å². The lowest BCUT2D eigenvalue weighted by Gasteiger charge is -2.10. The summed E-state index contributed by atoms with van der Waals surface area (Å²) in [5.41, 5.74) is 1.95. The van der Waals surface area contributed by atoms with Gasteiger partial charge in [-0.3, -0.25) is 4.79 Å². The Balaban J connectivity index is 1.86. The van der Waals surface area contributed by atoms with E-state index in [1.54, 1.807) is 7.11 Å². The van der Waals surface area contributed by atoms with E-state index in [0.717, 1.165) is 17.3 Å². The number of aryl methyl sites for hydroxylation is 1. The number of carbonyl (C=O) groups excluding carboxylic acids is 1. The molecule has 2 aromatic carbocycles. The van der Waals surface area contributed by atoms with Gasteiger partial charge in [0.25, 0.3) is 0 Å². The van der Waals surface area contributed by atoms with Crippen molar-refractivity contribution >= 4 is 27.5 Å². The zero-order valence-corrected chi connectivity index (χ0v) is 13.5. The molecule has 1 N–H and O–H groups in total. The second-order valence-electron chi connectivity index (χ2n) is 4.73. The third kappa shape index (κ3) is 4.90. The highest BCUT2D eigenvalue weighted by molar-refractivity contribution is 9.10. The molecule has 2 rings (SSSR count). The van der Waals surface area contributed by atoms with Crippen LogP contribution in [-0.4, -0.2) is 13.0 Å². The van der Waals surface area contributed by atoms with E-state index in [-0.39, 0.29) is 5.91 Å². The number of ether oxygens (including phenoxy) is 1. The van der Waals surface area contributed by atoms with Crippen LogP contribution in [0, 0.1) is 0 Å². The average molecular weight is 348 g/mol. The molecule has 110 valence electrons. The Kier molecular flexibility index (Phi) is 5.81. The first-order chi connectivity index (χ1) is 10.2. The molecule has 21 heavy (non-hydrogen) atoms. The quantitative estimate of drug-likeness (QED) is 0.839. The topological polar surface area (TPSA) is 38.3 Å². The smallest absolute Gasteiger partial charge is 0.224 e. The fourth-order valence-corrected chi connectivity index (χ4v) is 2.45. The standard InChI is InChI=1S/C17H18BrNO2/c1-21-16-11-10-14(18)12-15(16)19-17(20)9-5-8-13-6-3-2-4-7-13/h2-4,6-7,10-12H,5,8-9H2,1H3,(H,19,20). The summed E-state index contributed by atoms with van der Waals surface area (Å²) < 4.78 is 6.14. The number of rotatable bonds is 6. The molecule has 0 saturated carbocycles. The molecule has 0 atom stereocenters. The maximum Gasteiger partial charge on any atom is 0.224 e. The molecular formula is C17H18BrNO2. The molecule has 4 heteroatoms. The van der Waals surface area contributed by atoms with Gasteiger partial charge in [-0.1, -0.05) is 46.3 Å². The van der Waals surface area contributed by atoms with Crippen molar-refractivity contribution in [3.63, 3.8) is 0 Å². The van der Waals surface area contributed by atoms with Crippen LogP contribution in [0.25, 0.3) is 0 Å². The van der Waals surface area contributed by atoms with Gasteiger partial charge in [-0.2, -0.15) is 0 Å². The summed E-state index contributed by atoms with van der Waals surface area (Å²) in [5, 5.41) is 2.89. The van der Waals surface area contributed by atoms with E-state index in [2.05, 4.69) is 33.4 Å². The molecule has 0 fully saturated rings. The molecular weight excluding hydrogens is 330 g/mol. The van der Waals surface area contributed by atoms with Gasteiger partial charge in [-0.25, -0.2) is 0 Å². The van der Waals surface area contributed by atoms with Gasteiger partial charge in [0.05, 0.1) is 12.8 Å². The van der Waals surface area contributed by atoms with Gasteiger partial charge in [0, 0.05) is 10.9 Å². The van der Waals surface area contributed by atoms with Gasteiger partial charge in [0.2, 0.25) is 5.91 Å². The number of hydrogen-bond donors (Lipinski definition) is 1. The van der Waals surface area contributed by atoms with Crippen LogP contribution < -0.4 is 10.1 Å². The zero-order chi connectivity index (χ0) is 15.1. The van der Waals surface area contributed by atoms with E-state index in [1.165, 1.54) is 5.56 Å². The van der Waals surface area contributed by atoms with Gasteiger partial charge < -0.3 is 10.1 Å². The van der Waals surface area contributed by atoms with Crippen LogP contribution in [0.1, 0.15) is 18.4 Å². The van der Waals surface area contributed by atoms with E-state index in [4.69, 9.17) is 4.74 Å². The number of halogens is 1. The third-order valence-electron chi connectivity index (χ3n) is 3.15. The molecule has 0 aliphatic rings. The highest BCUT2D eigenvalue weighted by atomic mass is 79.9. The van der Waals surface area contributed by atoms with E-state index >= 15 is 0 Å². The first-order valence-electron chi connectivity index (χ1n) is 6.86. The highest BCUT2D eigenvalue weighted by Crippen LogP contribution is 2.28. The number of anilines is 1. The summed E-state index contributed by atoms with van der Waals surface area (Å²) in [6.07, 6.45) is 2.22. The Morgan fingerprint density at radius 3 is 2.67 bits per heavy atom. The molecule has 2 aromatic rings. The molecule has 0 bridgehead atoms. The summed E-state index contributed by atoms with van der Waals surface area (Å²) in [5.74, 6) is 0.664. The first-order valence-corrected chi connectivity index (χ1v) is 7.65. The van der Waals surface area contributed by atoms with Crippen LogP contribution in [0.2, 0.25) is 0 Å². The predicted molar refractivity (Wildman–Crippen MR) is 88.7 cm³/mol. The lowest BCUT2D eigenvalue weighted by Crippen LogP contribution is -2.12. The highest BCUT2D eigenvalue weighted by Gasteiger charge is 2.08. The van der Waals surface area contributed by atoms with Crippen LogP contribution in [-0.2, 0) is 11.2 Å². The van der Waals surface area contributed by atoms with Gasteiger partial charge >= 0.3 is 0 Å². The van der Waals surface area contributed by atoms with Crippen molar-refractivity contribution < 1.29 is 9.53 Å². The fourth-order valence-electron chi connectivity index (χ4n) is 2.09. The molecule has 0 aromatic heterocycles. The Hall–Kier alpha value is -1.81. The number of methoxy groups -OCH3 is 1. The van der Waals surface area contributed by atoms with Gasteiger partial charge in [-0.15, -0.1) is 0 Å². The zero-order valence-electron chi connectivity index (χ0n) is 11.9. The molecule has 0 spiro atoms. The minimum absolute atomic E-state index is 0.00216.